The van der Waals surface area contributed by atoms with Crippen LogP contribution in [-0.4, -0.2) is 76.9 Å². The number of rotatable bonds is 11. The SMILES string of the molecule is COC(=O)N[C@@H](CC/C=C/C(=O)N(C)C)C(=O)Nc1cccn(Cc2nc3cc(F)c(F)cc3n2C(=O)OCC2CC2)c1=O. The average molecular weight is 615 g/mol. The molecule has 1 atom stereocenters. The third kappa shape index (κ3) is 7.85. The summed E-state index contributed by atoms with van der Waals surface area (Å²) in [5.41, 5.74) is -0.881. The standard InChI is InChI=1S/C29H32F2N6O7/c1-35(2)25(38)9-5-4-7-20(34-28(41)43-3)26(39)33-21-8-6-12-36(27(21)40)15-24-32-22-13-18(30)19(31)14-23(22)37(24)29(42)44-16-17-10-11-17/h5-6,8-9,12-14,17,20H,4,7,10-11,15-16H2,1-3H3,(H,33,39)(H,34,41)/b9-5+/t20-/m0/s1. The van der Waals surface area contributed by atoms with Gasteiger partial charge in [-0.3, -0.25) is 14.4 Å². The van der Waals surface area contributed by atoms with Crippen molar-refractivity contribution in [3.8, 4) is 0 Å². The van der Waals surface area contributed by atoms with Crippen LogP contribution in [0.3, 0.4) is 0 Å². The number of imidazole rings is 1. The molecular weight excluding hydrogens is 582 g/mol. The van der Waals surface area contributed by atoms with Crippen LogP contribution in [0.1, 0.15) is 31.5 Å². The number of pyridine rings is 1. The van der Waals surface area contributed by atoms with Crippen molar-refractivity contribution in [1.29, 1.82) is 0 Å². The number of carbonyl (C=O) groups is 4. The highest BCUT2D eigenvalue weighted by molar-refractivity contribution is 5.96. The minimum absolute atomic E-state index is 0.0159. The Bertz CT molecular complexity index is 1660. The Labute approximate surface area is 250 Å². The molecule has 2 N–H and O–H groups in total. The van der Waals surface area contributed by atoms with Gasteiger partial charge in [0.05, 0.1) is 31.3 Å². The van der Waals surface area contributed by atoms with E-state index in [0.29, 0.717) is 0 Å². The quantitative estimate of drug-likeness (QED) is 0.313. The maximum absolute atomic E-state index is 14.1. The van der Waals surface area contributed by atoms with Crippen LogP contribution in [-0.2, 0) is 25.6 Å². The maximum Gasteiger partial charge on any atom is 0.420 e. The molecule has 2 aromatic heterocycles. The summed E-state index contributed by atoms with van der Waals surface area (Å²) >= 11 is 0. The highest BCUT2D eigenvalue weighted by Crippen LogP contribution is 2.29. The lowest BCUT2D eigenvalue weighted by Gasteiger charge is -2.17. The molecule has 234 valence electrons. The highest BCUT2D eigenvalue weighted by Gasteiger charge is 2.26. The van der Waals surface area contributed by atoms with Gasteiger partial charge >= 0.3 is 12.2 Å². The van der Waals surface area contributed by atoms with Gasteiger partial charge in [-0.05, 0) is 49.8 Å². The van der Waals surface area contributed by atoms with Gasteiger partial charge in [-0.1, -0.05) is 6.08 Å². The van der Waals surface area contributed by atoms with Gasteiger partial charge in [0.25, 0.3) is 5.56 Å². The molecular formula is C29H32F2N6O7. The molecule has 1 aliphatic rings. The normalized spacial score (nSPS) is 13.5. The Balaban J connectivity index is 1.56. The zero-order valence-corrected chi connectivity index (χ0v) is 24.3. The number of nitrogens with one attached hydrogen (secondary N) is 2. The van der Waals surface area contributed by atoms with Crippen molar-refractivity contribution in [2.45, 2.75) is 38.3 Å². The molecule has 0 unspecified atom stereocenters. The topological polar surface area (TPSA) is 154 Å². The number of aromatic nitrogens is 3. The van der Waals surface area contributed by atoms with Crippen LogP contribution in [0.5, 0.6) is 0 Å². The summed E-state index contributed by atoms with van der Waals surface area (Å²) in [6.45, 7) is -0.154. The molecule has 0 bridgehead atoms. The van der Waals surface area contributed by atoms with E-state index in [4.69, 9.17) is 4.74 Å². The lowest BCUT2D eigenvalue weighted by Crippen LogP contribution is -2.44. The Morgan fingerprint density at radius 2 is 1.91 bits per heavy atom. The largest absolute Gasteiger partial charge is 0.453 e. The van der Waals surface area contributed by atoms with E-state index < -0.39 is 41.3 Å². The Kier molecular flexibility index (Phi) is 10.1. The van der Waals surface area contributed by atoms with E-state index >= 15 is 0 Å². The molecule has 2 heterocycles. The van der Waals surface area contributed by atoms with Crippen molar-refractivity contribution in [1.82, 2.24) is 24.3 Å². The second-order valence-electron chi connectivity index (χ2n) is 10.4. The molecule has 4 rings (SSSR count). The van der Waals surface area contributed by atoms with Crippen molar-refractivity contribution >= 4 is 40.7 Å². The molecule has 1 aromatic carbocycles. The summed E-state index contributed by atoms with van der Waals surface area (Å²) in [7, 11) is 4.31. The van der Waals surface area contributed by atoms with Crippen molar-refractivity contribution in [2.75, 3.05) is 33.1 Å². The number of amides is 3. The molecule has 0 spiro atoms. The lowest BCUT2D eigenvalue weighted by molar-refractivity contribution is -0.123. The van der Waals surface area contributed by atoms with Crippen LogP contribution in [0.4, 0.5) is 24.1 Å². The van der Waals surface area contributed by atoms with Gasteiger partial charge in [0, 0.05) is 32.4 Å². The van der Waals surface area contributed by atoms with Crippen LogP contribution in [0, 0.1) is 17.6 Å². The Morgan fingerprint density at radius 1 is 1.18 bits per heavy atom. The fourth-order valence-electron chi connectivity index (χ4n) is 4.17. The molecule has 3 aromatic rings. The number of allylic oxidation sites excluding steroid dienone is 1. The second-order valence-corrected chi connectivity index (χ2v) is 10.4. The molecule has 15 heteroatoms. The number of alkyl carbamates (subject to hydrolysis) is 1. The molecule has 3 amide bonds. The van der Waals surface area contributed by atoms with Gasteiger partial charge < -0.3 is 29.6 Å². The number of ether oxygens (including phenoxy) is 2. The fourth-order valence-corrected chi connectivity index (χ4v) is 4.17. The maximum atomic E-state index is 14.1. The number of hydrogen-bond acceptors (Lipinski definition) is 8. The molecule has 1 fully saturated rings. The van der Waals surface area contributed by atoms with Gasteiger partial charge in [-0.15, -0.1) is 0 Å². The first-order valence-corrected chi connectivity index (χ1v) is 13.7. The van der Waals surface area contributed by atoms with E-state index in [1.54, 1.807) is 20.2 Å². The summed E-state index contributed by atoms with van der Waals surface area (Å²) in [5, 5.41) is 4.90. The van der Waals surface area contributed by atoms with E-state index in [1.807, 2.05) is 0 Å². The number of likely N-dealkylation sites (N-methyl/N-ethyl adjacent to an activating group) is 1. The van der Waals surface area contributed by atoms with Gasteiger partial charge in [0.1, 0.15) is 17.6 Å². The van der Waals surface area contributed by atoms with Crippen molar-refractivity contribution in [3.05, 3.63) is 70.4 Å². The lowest BCUT2D eigenvalue weighted by atomic mass is 10.1. The number of carbonyl (C=O) groups excluding carboxylic acids is 4. The summed E-state index contributed by atoms with van der Waals surface area (Å²) in [5.74, 6) is -3.10. The summed E-state index contributed by atoms with van der Waals surface area (Å²) in [6, 6.07) is 3.37. The fraction of sp³-hybridized carbons (Fsp3) is 0.379. The minimum Gasteiger partial charge on any atom is -0.453 e. The smallest absolute Gasteiger partial charge is 0.420 e. The zero-order valence-electron chi connectivity index (χ0n) is 24.3. The number of anilines is 1. The van der Waals surface area contributed by atoms with Gasteiger partial charge in [0.2, 0.25) is 11.8 Å². The number of benzene rings is 1. The number of hydrogen-bond donors (Lipinski definition) is 2. The minimum atomic E-state index is -1.18. The van der Waals surface area contributed by atoms with E-state index in [0.717, 1.165) is 41.2 Å². The van der Waals surface area contributed by atoms with Crippen molar-refractivity contribution in [3.63, 3.8) is 0 Å². The summed E-state index contributed by atoms with van der Waals surface area (Å²) < 4.78 is 40.2. The molecule has 1 aliphatic carbocycles. The van der Waals surface area contributed by atoms with Crippen LogP contribution < -0.4 is 16.2 Å². The van der Waals surface area contributed by atoms with Gasteiger partial charge in [0.15, 0.2) is 11.6 Å². The van der Waals surface area contributed by atoms with Crippen molar-refractivity contribution < 1.29 is 37.4 Å². The van der Waals surface area contributed by atoms with Crippen LogP contribution in [0.2, 0.25) is 0 Å². The van der Waals surface area contributed by atoms with E-state index in [-0.39, 0.29) is 60.4 Å². The number of halogens is 2. The number of methoxy groups -OCH3 is 1. The second kappa shape index (κ2) is 13.9. The summed E-state index contributed by atoms with van der Waals surface area (Å²) in [6.07, 6.45) is 4.71. The van der Waals surface area contributed by atoms with E-state index in [9.17, 15) is 32.8 Å². The predicted octanol–water partition coefficient (Wildman–Crippen LogP) is 3.01. The molecule has 0 aliphatic heterocycles. The number of nitrogens with zero attached hydrogens (tertiary/aromatic N) is 4. The van der Waals surface area contributed by atoms with Gasteiger partial charge in [-0.25, -0.2) is 27.9 Å². The summed E-state index contributed by atoms with van der Waals surface area (Å²) in [4.78, 5) is 68.7. The monoisotopic (exact) mass is 614 g/mol. The Morgan fingerprint density at radius 3 is 2.59 bits per heavy atom. The average Bonchev–Trinajstić information content (AvgIpc) is 3.76. The van der Waals surface area contributed by atoms with Crippen molar-refractivity contribution in [2.24, 2.45) is 5.92 Å². The third-order valence-electron chi connectivity index (χ3n) is 6.79. The third-order valence-corrected chi connectivity index (χ3v) is 6.79. The highest BCUT2D eigenvalue weighted by atomic mass is 19.2. The molecule has 44 heavy (non-hydrogen) atoms. The van der Waals surface area contributed by atoms with E-state index in [2.05, 4.69) is 20.4 Å². The van der Waals surface area contributed by atoms with Gasteiger partial charge in [-0.2, -0.15) is 0 Å². The first-order valence-electron chi connectivity index (χ1n) is 13.7. The first-order chi connectivity index (χ1) is 21.0. The van der Waals surface area contributed by atoms with Crippen LogP contribution in [0.25, 0.3) is 11.0 Å². The predicted molar refractivity (Wildman–Crippen MR) is 154 cm³/mol. The molecule has 0 saturated heterocycles. The van der Waals surface area contributed by atoms with E-state index in [1.165, 1.54) is 29.3 Å². The zero-order chi connectivity index (χ0) is 32.0. The molecule has 1 saturated carbocycles. The Hall–Kier alpha value is -5.08. The molecule has 0 radical (unpaired) electrons. The number of fused-ring (bicyclic) bond motifs is 1. The molecule has 13 nitrogen and oxygen atoms in total. The van der Waals surface area contributed by atoms with Crippen LogP contribution >= 0.6 is 0 Å². The van der Waals surface area contributed by atoms with Crippen LogP contribution in [0.15, 0.2) is 47.4 Å². The first kappa shape index (κ1) is 31.8.